The van der Waals surface area contributed by atoms with Crippen LogP contribution in [0.1, 0.15) is 36.6 Å². The van der Waals surface area contributed by atoms with Gasteiger partial charge >= 0.3 is 0 Å². The van der Waals surface area contributed by atoms with Crippen LogP contribution >= 0.6 is 0 Å². The van der Waals surface area contributed by atoms with Gasteiger partial charge in [-0.3, -0.25) is 4.68 Å². The number of sulfone groups is 1. The van der Waals surface area contributed by atoms with Gasteiger partial charge < -0.3 is 0 Å². The second-order valence-corrected chi connectivity index (χ2v) is 7.26. The summed E-state index contributed by atoms with van der Waals surface area (Å²) in [6, 6.07) is 6.92. The van der Waals surface area contributed by atoms with Crippen molar-refractivity contribution in [2.75, 3.05) is 0 Å². The van der Waals surface area contributed by atoms with Gasteiger partial charge in [0.2, 0.25) is 9.84 Å². The van der Waals surface area contributed by atoms with Crippen LogP contribution in [-0.2, 0) is 16.9 Å². The molecule has 2 aromatic rings. The maximum Gasteiger partial charge on any atom is 0.223 e. The highest BCUT2D eigenvalue weighted by atomic mass is 32.2. The van der Waals surface area contributed by atoms with Crippen molar-refractivity contribution in [2.24, 2.45) is 7.05 Å². The van der Waals surface area contributed by atoms with Gasteiger partial charge in [-0.25, -0.2) is 8.42 Å². The van der Waals surface area contributed by atoms with Gasteiger partial charge in [-0.2, -0.15) is 5.10 Å². The first-order valence-corrected chi connectivity index (χ1v) is 8.08. The van der Waals surface area contributed by atoms with Crippen LogP contribution in [0.2, 0.25) is 0 Å². The molecule has 1 aromatic heterocycles. The van der Waals surface area contributed by atoms with Crippen LogP contribution in [0, 0.1) is 13.8 Å². The van der Waals surface area contributed by atoms with E-state index in [1.54, 1.807) is 19.2 Å². The fourth-order valence-electron chi connectivity index (χ4n) is 2.47. The van der Waals surface area contributed by atoms with E-state index in [0.29, 0.717) is 9.92 Å². The molecule has 0 amide bonds. The molecule has 0 aliphatic heterocycles. The molecule has 0 radical (unpaired) electrons. The van der Waals surface area contributed by atoms with Crippen molar-refractivity contribution in [3.8, 4) is 0 Å². The van der Waals surface area contributed by atoms with Crippen molar-refractivity contribution >= 4 is 9.84 Å². The third-order valence-electron chi connectivity index (χ3n) is 3.38. The zero-order valence-corrected chi connectivity index (χ0v) is 13.3. The number of benzene rings is 1. The standard InChI is InChI=1S/C15H20N2O2S/c1-10(2)14-12(4)16-17(5)15(14)20(18,19)13-8-6-11(3)7-9-13/h6-10H,1-5H3. The van der Waals surface area contributed by atoms with Crippen molar-refractivity contribution in [3.05, 3.63) is 41.1 Å². The van der Waals surface area contributed by atoms with Gasteiger partial charge in [0.25, 0.3) is 0 Å². The highest BCUT2D eigenvalue weighted by Crippen LogP contribution is 2.30. The van der Waals surface area contributed by atoms with Gasteiger partial charge in [-0.15, -0.1) is 0 Å². The molecule has 0 bridgehead atoms. The summed E-state index contributed by atoms with van der Waals surface area (Å²) in [6.45, 7) is 7.75. The third kappa shape index (κ3) is 2.38. The Morgan fingerprint density at radius 1 is 1.10 bits per heavy atom. The zero-order chi connectivity index (χ0) is 15.1. The van der Waals surface area contributed by atoms with Crippen LogP contribution in [0.4, 0.5) is 0 Å². The summed E-state index contributed by atoms with van der Waals surface area (Å²) in [5, 5.41) is 4.58. The Hall–Kier alpha value is -1.62. The lowest BCUT2D eigenvalue weighted by atomic mass is 10.1. The summed E-state index contributed by atoms with van der Waals surface area (Å²) in [4.78, 5) is 0.313. The van der Waals surface area contributed by atoms with Crippen molar-refractivity contribution in [3.63, 3.8) is 0 Å². The Morgan fingerprint density at radius 3 is 2.15 bits per heavy atom. The van der Waals surface area contributed by atoms with Crippen molar-refractivity contribution in [2.45, 2.75) is 43.5 Å². The first-order valence-electron chi connectivity index (χ1n) is 6.60. The van der Waals surface area contributed by atoms with E-state index in [1.165, 1.54) is 4.68 Å². The second kappa shape index (κ2) is 5.05. The summed E-state index contributed by atoms with van der Waals surface area (Å²) in [7, 11) is -1.86. The highest BCUT2D eigenvalue weighted by molar-refractivity contribution is 7.91. The van der Waals surface area contributed by atoms with Gasteiger partial charge in [0.05, 0.1) is 10.6 Å². The molecular weight excluding hydrogens is 272 g/mol. The van der Waals surface area contributed by atoms with Crippen molar-refractivity contribution in [1.82, 2.24) is 9.78 Å². The van der Waals surface area contributed by atoms with Crippen LogP contribution in [0.15, 0.2) is 34.2 Å². The molecule has 2 rings (SSSR count). The molecule has 0 saturated carbocycles. The minimum Gasteiger partial charge on any atom is -0.256 e. The van der Waals surface area contributed by atoms with Crippen LogP contribution in [0.3, 0.4) is 0 Å². The maximum atomic E-state index is 12.8. The lowest BCUT2D eigenvalue weighted by Crippen LogP contribution is -2.11. The second-order valence-electron chi connectivity index (χ2n) is 5.40. The van der Waals surface area contributed by atoms with Crippen LogP contribution in [-0.4, -0.2) is 18.2 Å². The molecule has 0 atom stereocenters. The topological polar surface area (TPSA) is 52.0 Å². The minimum atomic E-state index is -3.54. The summed E-state index contributed by atoms with van der Waals surface area (Å²) in [6.07, 6.45) is 0. The van der Waals surface area contributed by atoms with E-state index < -0.39 is 9.84 Å². The molecule has 0 saturated heterocycles. The molecule has 20 heavy (non-hydrogen) atoms. The van der Waals surface area contributed by atoms with Crippen LogP contribution < -0.4 is 0 Å². The Labute approximate surface area is 120 Å². The molecule has 108 valence electrons. The molecule has 0 fully saturated rings. The zero-order valence-electron chi connectivity index (χ0n) is 12.5. The van der Waals surface area contributed by atoms with Crippen LogP contribution in [0.5, 0.6) is 0 Å². The molecule has 0 N–H and O–H groups in total. The van der Waals surface area contributed by atoms with E-state index in [9.17, 15) is 8.42 Å². The monoisotopic (exact) mass is 292 g/mol. The van der Waals surface area contributed by atoms with Gasteiger partial charge in [-0.1, -0.05) is 31.5 Å². The lowest BCUT2D eigenvalue weighted by molar-refractivity contribution is 0.572. The van der Waals surface area contributed by atoms with E-state index >= 15 is 0 Å². The summed E-state index contributed by atoms with van der Waals surface area (Å²) >= 11 is 0. The summed E-state index contributed by atoms with van der Waals surface area (Å²) in [5.41, 5.74) is 2.61. The summed E-state index contributed by atoms with van der Waals surface area (Å²) < 4.78 is 27.2. The summed E-state index contributed by atoms with van der Waals surface area (Å²) in [5.74, 6) is 0.110. The molecule has 1 aromatic carbocycles. The van der Waals surface area contributed by atoms with Gasteiger partial charge in [-0.05, 0) is 31.9 Å². The maximum absolute atomic E-state index is 12.8. The van der Waals surface area contributed by atoms with E-state index in [2.05, 4.69) is 5.10 Å². The van der Waals surface area contributed by atoms with Gasteiger partial charge in [0.1, 0.15) is 0 Å². The Kier molecular flexibility index (Phi) is 3.73. The molecule has 4 nitrogen and oxygen atoms in total. The van der Waals surface area contributed by atoms with Gasteiger partial charge in [0, 0.05) is 12.6 Å². The van der Waals surface area contributed by atoms with E-state index in [0.717, 1.165) is 16.8 Å². The predicted molar refractivity (Wildman–Crippen MR) is 78.7 cm³/mol. The first kappa shape index (κ1) is 14.8. The largest absolute Gasteiger partial charge is 0.256 e. The lowest BCUT2D eigenvalue weighted by Gasteiger charge is -2.11. The average Bonchev–Trinajstić information content (AvgIpc) is 2.65. The van der Waals surface area contributed by atoms with Crippen molar-refractivity contribution in [1.29, 1.82) is 0 Å². The fourth-order valence-corrected chi connectivity index (χ4v) is 4.25. The number of nitrogens with zero attached hydrogens (tertiary/aromatic N) is 2. The molecular formula is C15H20N2O2S. The van der Waals surface area contributed by atoms with Gasteiger partial charge in [0.15, 0.2) is 5.03 Å². The average molecular weight is 292 g/mol. The van der Waals surface area contributed by atoms with E-state index in [4.69, 9.17) is 0 Å². The molecule has 0 unspecified atom stereocenters. The number of rotatable bonds is 3. The van der Waals surface area contributed by atoms with E-state index in [-0.39, 0.29) is 5.92 Å². The number of aromatic nitrogens is 2. The first-order chi connectivity index (χ1) is 9.25. The fraction of sp³-hybridized carbons (Fsp3) is 0.400. The Balaban J connectivity index is 2.69. The Morgan fingerprint density at radius 2 is 1.65 bits per heavy atom. The number of hydrogen-bond donors (Lipinski definition) is 0. The number of hydrogen-bond acceptors (Lipinski definition) is 3. The molecule has 0 aliphatic carbocycles. The number of aryl methyl sites for hydroxylation is 3. The third-order valence-corrected chi connectivity index (χ3v) is 5.26. The minimum absolute atomic E-state index is 0.110. The molecule has 5 heteroatoms. The molecule has 1 heterocycles. The molecule has 0 spiro atoms. The SMILES string of the molecule is Cc1ccc(S(=O)(=O)c2c(C(C)C)c(C)nn2C)cc1. The predicted octanol–water partition coefficient (Wildman–Crippen LogP) is 2.99. The van der Waals surface area contributed by atoms with Crippen LogP contribution in [0.25, 0.3) is 0 Å². The smallest absolute Gasteiger partial charge is 0.223 e. The highest BCUT2D eigenvalue weighted by Gasteiger charge is 2.28. The normalized spacial score (nSPS) is 12.1. The molecule has 0 aliphatic rings. The van der Waals surface area contributed by atoms with Crippen molar-refractivity contribution < 1.29 is 8.42 Å². The van der Waals surface area contributed by atoms with E-state index in [1.807, 2.05) is 39.8 Å². The quantitative estimate of drug-likeness (QED) is 0.874. The Bertz CT molecular complexity index is 726.